The SMILES string of the molecule is CCCCCCCC1CCC(CCCCc2ccc(COCC(OCc3ccc(CCCCC4CCC(CCCCCCC)CC4)cc3)c3ccccc3)cc2)CC1. The van der Waals surface area contributed by atoms with Gasteiger partial charge in [-0.3, -0.25) is 0 Å². The Labute approximate surface area is 358 Å². The zero-order valence-electron chi connectivity index (χ0n) is 37.6. The highest BCUT2D eigenvalue weighted by molar-refractivity contribution is 5.24. The van der Waals surface area contributed by atoms with Crippen LogP contribution in [0.2, 0.25) is 0 Å². The first-order valence-electron chi connectivity index (χ1n) is 25.1. The third kappa shape index (κ3) is 18.9. The van der Waals surface area contributed by atoms with E-state index < -0.39 is 0 Å². The molecule has 2 fully saturated rings. The molecule has 0 heterocycles. The Hall–Kier alpha value is -2.42. The Balaban J connectivity index is 0.922. The third-order valence-electron chi connectivity index (χ3n) is 14.2. The van der Waals surface area contributed by atoms with Crippen molar-refractivity contribution in [1.29, 1.82) is 0 Å². The maximum atomic E-state index is 6.53. The first-order valence-corrected chi connectivity index (χ1v) is 25.1. The largest absolute Gasteiger partial charge is 0.374 e. The smallest absolute Gasteiger partial charge is 0.106 e. The highest BCUT2D eigenvalue weighted by Crippen LogP contribution is 2.36. The molecule has 1 atom stereocenters. The minimum absolute atomic E-state index is 0.0911. The number of rotatable bonds is 30. The van der Waals surface area contributed by atoms with Crippen molar-refractivity contribution in [2.45, 2.75) is 213 Å². The van der Waals surface area contributed by atoms with Gasteiger partial charge in [-0.05, 0) is 77.2 Å². The van der Waals surface area contributed by atoms with Gasteiger partial charge in [-0.25, -0.2) is 0 Å². The molecule has 0 radical (unpaired) electrons. The normalized spacial score (nSPS) is 20.3. The maximum absolute atomic E-state index is 6.53. The monoisotopic (exact) mass is 791 g/mol. The lowest BCUT2D eigenvalue weighted by atomic mass is 9.78. The molecular weight excluding hydrogens is 705 g/mol. The lowest BCUT2D eigenvalue weighted by Gasteiger charge is -2.28. The van der Waals surface area contributed by atoms with E-state index in [-0.39, 0.29) is 6.10 Å². The molecule has 1 unspecified atom stereocenters. The van der Waals surface area contributed by atoms with E-state index in [0.29, 0.717) is 19.8 Å². The molecule has 2 nitrogen and oxygen atoms in total. The van der Waals surface area contributed by atoms with Crippen molar-refractivity contribution in [2.24, 2.45) is 23.7 Å². The van der Waals surface area contributed by atoms with Crippen molar-refractivity contribution in [3.8, 4) is 0 Å². The van der Waals surface area contributed by atoms with Crippen LogP contribution in [-0.4, -0.2) is 6.61 Å². The van der Waals surface area contributed by atoms with E-state index in [1.54, 1.807) is 0 Å². The van der Waals surface area contributed by atoms with E-state index in [4.69, 9.17) is 9.47 Å². The summed E-state index contributed by atoms with van der Waals surface area (Å²) in [7, 11) is 0. The molecule has 3 aromatic carbocycles. The van der Waals surface area contributed by atoms with Gasteiger partial charge in [0.25, 0.3) is 0 Å². The van der Waals surface area contributed by atoms with E-state index in [1.165, 1.54) is 208 Å². The van der Waals surface area contributed by atoms with Gasteiger partial charge in [-0.1, -0.05) is 247 Å². The molecule has 322 valence electrons. The summed E-state index contributed by atoms with van der Waals surface area (Å²) in [4.78, 5) is 0. The van der Waals surface area contributed by atoms with Gasteiger partial charge < -0.3 is 9.47 Å². The minimum atomic E-state index is -0.0911. The summed E-state index contributed by atoms with van der Waals surface area (Å²) in [6.07, 6.45) is 39.7. The van der Waals surface area contributed by atoms with Crippen LogP contribution in [0.5, 0.6) is 0 Å². The van der Waals surface area contributed by atoms with Crippen molar-refractivity contribution in [1.82, 2.24) is 0 Å². The van der Waals surface area contributed by atoms with Gasteiger partial charge in [0.1, 0.15) is 6.10 Å². The second-order valence-electron chi connectivity index (χ2n) is 19.0. The fourth-order valence-corrected chi connectivity index (χ4v) is 10.2. The minimum Gasteiger partial charge on any atom is -0.374 e. The molecule has 0 N–H and O–H groups in total. The van der Waals surface area contributed by atoms with E-state index in [9.17, 15) is 0 Å². The Morgan fingerprint density at radius 2 is 0.793 bits per heavy atom. The summed E-state index contributed by atoms with van der Waals surface area (Å²) in [6.45, 7) is 6.39. The van der Waals surface area contributed by atoms with Gasteiger partial charge in [0.05, 0.1) is 19.8 Å². The van der Waals surface area contributed by atoms with Crippen LogP contribution in [0, 0.1) is 23.7 Å². The van der Waals surface area contributed by atoms with Crippen molar-refractivity contribution in [3.63, 3.8) is 0 Å². The number of hydrogen-bond donors (Lipinski definition) is 0. The molecule has 0 saturated heterocycles. The van der Waals surface area contributed by atoms with Gasteiger partial charge in [0.2, 0.25) is 0 Å². The van der Waals surface area contributed by atoms with Crippen molar-refractivity contribution in [2.75, 3.05) is 6.61 Å². The van der Waals surface area contributed by atoms with Gasteiger partial charge in [0.15, 0.2) is 0 Å². The number of ether oxygens (including phenoxy) is 2. The van der Waals surface area contributed by atoms with E-state index >= 15 is 0 Å². The van der Waals surface area contributed by atoms with Crippen LogP contribution in [0.25, 0.3) is 0 Å². The van der Waals surface area contributed by atoms with Gasteiger partial charge in [-0.15, -0.1) is 0 Å². The lowest BCUT2D eigenvalue weighted by Crippen LogP contribution is -2.14. The molecule has 0 amide bonds. The topological polar surface area (TPSA) is 18.5 Å². The molecule has 2 aliphatic carbocycles. The zero-order valence-corrected chi connectivity index (χ0v) is 37.6. The summed E-state index contributed by atoms with van der Waals surface area (Å²) in [5.41, 5.74) is 6.57. The van der Waals surface area contributed by atoms with Crippen molar-refractivity contribution >= 4 is 0 Å². The number of aryl methyl sites for hydroxylation is 2. The van der Waals surface area contributed by atoms with E-state index in [2.05, 4.69) is 92.7 Å². The summed E-state index contributed by atoms with van der Waals surface area (Å²) >= 11 is 0. The maximum Gasteiger partial charge on any atom is 0.106 e. The van der Waals surface area contributed by atoms with Crippen LogP contribution in [0.1, 0.15) is 215 Å². The predicted molar refractivity (Wildman–Crippen MR) is 249 cm³/mol. The van der Waals surface area contributed by atoms with Crippen molar-refractivity contribution < 1.29 is 9.47 Å². The molecule has 0 aromatic heterocycles. The van der Waals surface area contributed by atoms with Gasteiger partial charge in [-0.2, -0.15) is 0 Å². The Morgan fingerprint density at radius 1 is 0.414 bits per heavy atom. The highest BCUT2D eigenvalue weighted by atomic mass is 16.5. The van der Waals surface area contributed by atoms with Gasteiger partial charge in [0, 0.05) is 0 Å². The first kappa shape index (κ1) is 46.6. The standard InChI is InChI=1S/C56H86O2/c1-3-5-7-9-12-20-47-28-32-49(33-29-47)22-16-18-24-51-36-40-53(41-37-51)44-57-46-56(55-26-14-11-15-27-55)58-45-54-42-38-52(39-43-54)25-19-17-23-50-34-30-48(31-35-50)21-13-10-8-6-4-2/h11,14-15,26-27,36-43,47-50,56H,3-10,12-13,16-25,28-35,44-46H2,1-2H3. The summed E-state index contributed by atoms with van der Waals surface area (Å²) < 4.78 is 12.8. The molecule has 5 rings (SSSR count). The molecule has 2 aliphatic rings. The predicted octanol–water partition coefficient (Wildman–Crippen LogP) is 16.9. The van der Waals surface area contributed by atoms with Crippen LogP contribution >= 0.6 is 0 Å². The molecule has 0 spiro atoms. The zero-order chi connectivity index (χ0) is 40.3. The van der Waals surface area contributed by atoms with Crippen LogP contribution in [0.4, 0.5) is 0 Å². The van der Waals surface area contributed by atoms with E-state index in [0.717, 1.165) is 23.7 Å². The summed E-state index contributed by atoms with van der Waals surface area (Å²) in [5, 5.41) is 0. The van der Waals surface area contributed by atoms with Crippen molar-refractivity contribution in [3.05, 3.63) is 107 Å². The molecule has 2 saturated carbocycles. The fraction of sp³-hybridized carbons (Fsp3) is 0.679. The molecule has 2 heteroatoms. The average molecular weight is 791 g/mol. The van der Waals surface area contributed by atoms with Crippen LogP contribution in [-0.2, 0) is 35.5 Å². The summed E-state index contributed by atoms with van der Waals surface area (Å²) in [5.74, 6) is 4.02. The Kier molecular flexibility index (Phi) is 23.3. The van der Waals surface area contributed by atoms with Crippen LogP contribution in [0.3, 0.4) is 0 Å². The Bertz CT molecular complexity index is 1400. The first-order chi connectivity index (χ1) is 28.7. The quantitative estimate of drug-likeness (QED) is 0.0626. The second kappa shape index (κ2) is 28.9. The van der Waals surface area contributed by atoms with E-state index in [1.807, 2.05) is 0 Å². The Morgan fingerprint density at radius 3 is 1.22 bits per heavy atom. The van der Waals surface area contributed by atoms with Gasteiger partial charge >= 0.3 is 0 Å². The van der Waals surface area contributed by atoms with Crippen LogP contribution in [0.15, 0.2) is 78.9 Å². The molecule has 0 bridgehead atoms. The number of hydrogen-bond acceptors (Lipinski definition) is 2. The number of benzene rings is 3. The molecule has 0 aliphatic heterocycles. The highest BCUT2D eigenvalue weighted by Gasteiger charge is 2.22. The molecule has 3 aromatic rings. The molecular formula is C56H86O2. The second-order valence-corrected chi connectivity index (χ2v) is 19.0. The van der Waals surface area contributed by atoms with Crippen LogP contribution < -0.4 is 0 Å². The molecule has 58 heavy (non-hydrogen) atoms. The average Bonchev–Trinajstić information content (AvgIpc) is 3.27. The fourth-order valence-electron chi connectivity index (χ4n) is 10.2. The third-order valence-corrected chi connectivity index (χ3v) is 14.2. The number of unbranched alkanes of at least 4 members (excludes halogenated alkanes) is 10. The summed E-state index contributed by atoms with van der Waals surface area (Å²) in [6, 6.07) is 29.0. The lowest BCUT2D eigenvalue weighted by molar-refractivity contribution is -0.0313.